The Bertz CT molecular complexity index is 237. The number of allylic oxidation sites excluding steroid dienone is 2. The van der Waals surface area contributed by atoms with E-state index in [-0.39, 0.29) is 0 Å². The van der Waals surface area contributed by atoms with Crippen LogP contribution in [0.2, 0.25) is 0 Å². The molecule has 2 rings (SSSR count). The molecule has 2 atom stereocenters. The molecule has 1 nitrogen and oxygen atoms in total. The summed E-state index contributed by atoms with van der Waals surface area (Å²) in [4.78, 5) is 11.4. The number of Topliss-reactive ketones (excluding diaryl/α,β-unsaturated/α-hetero) is 1. The summed E-state index contributed by atoms with van der Waals surface area (Å²) in [6.07, 6.45) is 3.20. The predicted molar refractivity (Wildman–Crippen MR) is 44.2 cm³/mol. The lowest BCUT2D eigenvalue weighted by molar-refractivity contribution is -0.114. The van der Waals surface area contributed by atoms with Crippen molar-refractivity contribution in [1.82, 2.24) is 0 Å². The van der Waals surface area contributed by atoms with Gasteiger partial charge in [-0.1, -0.05) is 12.5 Å². The molecule has 2 unspecified atom stereocenters. The minimum atomic E-state index is 0.428. The first-order chi connectivity index (χ1) is 5.20. The Kier molecular flexibility index (Phi) is 1.41. The molecule has 2 aliphatic rings. The van der Waals surface area contributed by atoms with Crippen molar-refractivity contribution < 1.29 is 4.79 Å². The second-order valence-corrected chi connectivity index (χ2v) is 3.94. The van der Waals surface area contributed by atoms with Gasteiger partial charge in [-0.3, -0.25) is 4.79 Å². The number of hydrogen-bond acceptors (Lipinski definition) is 1. The summed E-state index contributed by atoms with van der Waals surface area (Å²) in [7, 11) is 0. The van der Waals surface area contributed by atoms with Gasteiger partial charge in [-0.25, -0.2) is 0 Å². The van der Waals surface area contributed by atoms with Gasteiger partial charge in [-0.05, 0) is 37.2 Å². The zero-order valence-electron chi connectivity index (χ0n) is 7.18. The van der Waals surface area contributed by atoms with Gasteiger partial charge in [0.2, 0.25) is 0 Å². The predicted octanol–water partition coefficient (Wildman–Crippen LogP) is 2.32. The van der Waals surface area contributed by atoms with Gasteiger partial charge in [0, 0.05) is 6.42 Å². The minimum Gasteiger partial charge on any atom is -0.295 e. The van der Waals surface area contributed by atoms with Gasteiger partial charge >= 0.3 is 0 Å². The Balaban J connectivity index is 2.39. The van der Waals surface area contributed by atoms with Gasteiger partial charge in [-0.2, -0.15) is 0 Å². The highest BCUT2D eigenvalue weighted by Crippen LogP contribution is 2.44. The molecule has 0 radical (unpaired) electrons. The molecule has 1 fully saturated rings. The van der Waals surface area contributed by atoms with Crippen molar-refractivity contribution in [3.05, 3.63) is 11.1 Å². The molecule has 0 aromatic rings. The van der Waals surface area contributed by atoms with Gasteiger partial charge < -0.3 is 0 Å². The van der Waals surface area contributed by atoms with Crippen LogP contribution in [0.25, 0.3) is 0 Å². The third kappa shape index (κ3) is 0.867. The van der Waals surface area contributed by atoms with Crippen LogP contribution in [-0.4, -0.2) is 5.78 Å². The van der Waals surface area contributed by atoms with Gasteiger partial charge in [0.05, 0.1) is 0 Å². The van der Waals surface area contributed by atoms with E-state index in [4.69, 9.17) is 0 Å². The number of rotatable bonds is 0. The summed E-state index contributed by atoms with van der Waals surface area (Å²) in [6, 6.07) is 0. The van der Waals surface area contributed by atoms with Crippen molar-refractivity contribution in [1.29, 1.82) is 0 Å². The van der Waals surface area contributed by atoms with E-state index in [2.05, 4.69) is 13.8 Å². The van der Waals surface area contributed by atoms with E-state index in [0.717, 1.165) is 12.8 Å². The second kappa shape index (κ2) is 2.20. The van der Waals surface area contributed by atoms with E-state index in [1.165, 1.54) is 17.6 Å². The third-order valence-electron chi connectivity index (χ3n) is 3.16. The molecule has 0 saturated heterocycles. The SMILES string of the molecule is CC1=C2C(=O)CC(C)C2CC1. The molecular formula is C10H14O. The van der Waals surface area contributed by atoms with Crippen molar-refractivity contribution in [2.75, 3.05) is 0 Å². The van der Waals surface area contributed by atoms with Gasteiger partial charge in [0.25, 0.3) is 0 Å². The highest BCUT2D eigenvalue weighted by molar-refractivity contribution is 5.99. The van der Waals surface area contributed by atoms with Crippen LogP contribution in [0.5, 0.6) is 0 Å². The second-order valence-electron chi connectivity index (χ2n) is 3.94. The topological polar surface area (TPSA) is 17.1 Å². The Morgan fingerprint density at radius 1 is 1.45 bits per heavy atom. The van der Waals surface area contributed by atoms with Crippen molar-refractivity contribution in [2.45, 2.75) is 33.1 Å². The van der Waals surface area contributed by atoms with Crippen LogP contribution >= 0.6 is 0 Å². The molecule has 0 aromatic heterocycles. The third-order valence-corrected chi connectivity index (χ3v) is 3.16. The van der Waals surface area contributed by atoms with Crippen molar-refractivity contribution >= 4 is 5.78 Å². The number of carbonyl (C=O) groups excluding carboxylic acids is 1. The smallest absolute Gasteiger partial charge is 0.159 e. The summed E-state index contributed by atoms with van der Waals surface area (Å²) < 4.78 is 0. The Labute approximate surface area is 67.5 Å². The average Bonchev–Trinajstić information content (AvgIpc) is 2.41. The van der Waals surface area contributed by atoms with Crippen LogP contribution in [0.1, 0.15) is 33.1 Å². The molecular weight excluding hydrogens is 136 g/mol. The van der Waals surface area contributed by atoms with E-state index >= 15 is 0 Å². The summed E-state index contributed by atoms with van der Waals surface area (Å²) in [6.45, 7) is 4.32. The first-order valence-electron chi connectivity index (χ1n) is 4.43. The molecule has 2 aliphatic carbocycles. The molecule has 60 valence electrons. The van der Waals surface area contributed by atoms with Crippen LogP contribution in [0.3, 0.4) is 0 Å². The summed E-state index contributed by atoms with van der Waals surface area (Å²) in [5.41, 5.74) is 2.56. The van der Waals surface area contributed by atoms with E-state index in [0.29, 0.717) is 17.6 Å². The van der Waals surface area contributed by atoms with Crippen molar-refractivity contribution in [3.8, 4) is 0 Å². The maximum atomic E-state index is 11.4. The first-order valence-corrected chi connectivity index (χ1v) is 4.43. The fourth-order valence-corrected chi connectivity index (χ4v) is 2.53. The maximum Gasteiger partial charge on any atom is 0.159 e. The van der Waals surface area contributed by atoms with Gasteiger partial charge in [0.15, 0.2) is 5.78 Å². The van der Waals surface area contributed by atoms with Crippen LogP contribution < -0.4 is 0 Å². The Morgan fingerprint density at radius 2 is 2.18 bits per heavy atom. The molecule has 1 saturated carbocycles. The number of fused-ring (bicyclic) bond motifs is 1. The van der Waals surface area contributed by atoms with Gasteiger partial charge in [0.1, 0.15) is 0 Å². The molecule has 0 aromatic carbocycles. The highest BCUT2D eigenvalue weighted by atomic mass is 16.1. The lowest BCUT2D eigenvalue weighted by Gasteiger charge is -2.08. The largest absolute Gasteiger partial charge is 0.295 e. The Hall–Kier alpha value is -0.590. The molecule has 11 heavy (non-hydrogen) atoms. The molecule has 0 N–H and O–H groups in total. The first kappa shape index (κ1) is 7.08. The average molecular weight is 150 g/mol. The molecule has 1 heteroatoms. The van der Waals surface area contributed by atoms with Crippen molar-refractivity contribution in [2.24, 2.45) is 11.8 Å². The molecule has 0 heterocycles. The van der Waals surface area contributed by atoms with E-state index in [1.54, 1.807) is 0 Å². The molecule has 0 amide bonds. The highest BCUT2D eigenvalue weighted by Gasteiger charge is 2.38. The van der Waals surface area contributed by atoms with Crippen LogP contribution in [-0.2, 0) is 4.79 Å². The zero-order chi connectivity index (χ0) is 8.01. The number of ketones is 1. The molecule has 0 spiro atoms. The van der Waals surface area contributed by atoms with E-state index < -0.39 is 0 Å². The normalized spacial score (nSPS) is 36.7. The lowest BCUT2D eigenvalue weighted by atomic mass is 9.96. The zero-order valence-corrected chi connectivity index (χ0v) is 7.18. The summed E-state index contributed by atoms with van der Waals surface area (Å²) in [5.74, 6) is 1.68. The quantitative estimate of drug-likeness (QED) is 0.518. The minimum absolute atomic E-state index is 0.428. The maximum absolute atomic E-state index is 11.4. The van der Waals surface area contributed by atoms with Crippen LogP contribution in [0, 0.1) is 11.8 Å². The summed E-state index contributed by atoms with van der Waals surface area (Å²) >= 11 is 0. The summed E-state index contributed by atoms with van der Waals surface area (Å²) in [5, 5.41) is 0. The Morgan fingerprint density at radius 3 is 2.82 bits per heavy atom. The van der Waals surface area contributed by atoms with Crippen molar-refractivity contribution in [3.63, 3.8) is 0 Å². The van der Waals surface area contributed by atoms with E-state index in [1.807, 2.05) is 0 Å². The number of carbonyl (C=O) groups is 1. The standard InChI is InChI=1S/C10H14O/c1-6-3-4-8-7(2)5-9(11)10(6)8/h7-8H,3-5H2,1-2H3. The molecule has 0 aliphatic heterocycles. The molecule has 0 bridgehead atoms. The van der Waals surface area contributed by atoms with Crippen LogP contribution in [0.4, 0.5) is 0 Å². The monoisotopic (exact) mass is 150 g/mol. The number of hydrogen-bond donors (Lipinski definition) is 0. The van der Waals surface area contributed by atoms with Gasteiger partial charge in [-0.15, -0.1) is 0 Å². The fourth-order valence-electron chi connectivity index (χ4n) is 2.53. The lowest BCUT2D eigenvalue weighted by Crippen LogP contribution is -2.00. The van der Waals surface area contributed by atoms with E-state index in [9.17, 15) is 4.79 Å². The van der Waals surface area contributed by atoms with Crippen LogP contribution in [0.15, 0.2) is 11.1 Å². The fraction of sp³-hybridized carbons (Fsp3) is 0.700.